The fourth-order valence-corrected chi connectivity index (χ4v) is 7.97. The molecular formula is C37H44N6O4S. The molecule has 2 N–H and O–H groups in total. The van der Waals surface area contributed by atoms with Gasteiger partial charge in [0.05, 0.1) is 39.9 Å². The number of imidazole rings is 2. The van der Waals surface area contributed by atoms with Gasteiger partial charge in [-0.15, -0.1) is 11.3 Å². The zero-order valence-corrected chi connectivity index (χ0v) is 29.6. The van der Waals surface area contributed by atoms with Crippen LogP contribution in [0.3, 0.4) is 0 Å². The Labute approximate surface area is 284 Å². The molecule has 48 heavy (non-hydrogen) atoms. The van der Waals surface area contributed by atoms with Crippen LogP contribution in [0.2, 0.25) is 0 Å². The molecule has 2 aliphatic heterocycles. The molecule has 3 aromatic heterocycles. The smallest absolute Gasteiger partial charge is 0.410 e. The van der Waals surface area contributed by atoms with Crippen molar-refractivity contribution in [3.8, 4) is 21.0 Å². The average molecular weight is 669 g/mol. The van der Waals surface area contributed by atoms with E-state index in [4.69, 9.17) is 19.4 Å². The van der Waals surface area contributed by atoms with Crippen LogP contribution in [0.4, 0.5) is 9.59 Å². The minimum atomic E-state index is -0.546. The standard InChI is InChI=1S/C37H44N6O4S/c1-21-18-29(26-20-38-32(40-26)27-10-8-16-42(27)34(44)46-36(2,3)4)48-31(21)23-12-14-24-22(19-23)13-15-25-30(24)41-33(39-25)28-11-9-17-43(28)35(45)47-37(5,6)7/h12-15,18-20,27-28H,8-11,16-17H2,1-7H3,(H,38,40)(H,39,41)/t27-,28-/m0/s1. The average Bonchev–Trinajstić information content (AvgIpc) is 3.83. The van der Waals surface area contributed by atoms with Gasteiger partial charge in [-0.2, -0.15) is 0 Å². The molecule has 2 atom stereocenters. The molecule has 5 heterocycles. The highest BCUT2D eigenvalue weighted by Gasteiger charge is 2.36. The quantitative estimate of drug-likeness (QED) is 0.197. The molecule has 0 aliphatic carbocycles. The number of benzene rings is 2. The van der Waals surface area contributed by atoms with E-state index in [9.17, 15) is 9.59 Å². The van der Waals surface area contributed by atoms with Gasteiger partial charge in [-0.25, -0.2) is 19.6 Å². The lowest BCUT2D eigenvalue weighted by Gasteiger charge is -2.27. The second kappa shape index (κ2) is 11.9. The van der Waals surface area contributed by atoms with E-state index in [1.54, 1.807) is 21.1 Å². The number of hydrogen-bond donors (Lipinski definition) is 2. The number of carbonyl (C=O) groups excluding carboxylic acids is 2. The number of amides is 2. The van der Waals surface area contributed by atoms with E-state index in [1.807, 2.05) is 47.7 Å². The van der Waals surface area contributed by atoms with E-state index in [2.05, 4.69) is 53.3 Å². The lowest BCUT2D eigenvalue weighted by atomic mass is 10.0. The van der Waals surface area contributed by atoms with Gasteiger partial charge < -0.3 is 19.4 Å². The van der Waals surface area contributed by atoms with E-state index >= 15 is 0 Å². The molecule has 2 amide bonds. The van der Waals surface area contributed by atoms with Gasteiger partial charge >= 0.3 is 12.2 Å². The van der Waals surface area contributed by atoms with Crippen LogP contribution in [0.1, 0.15) is 96.5 Å². The van der Waals surface area contributed by atoms with Gasteiger partial charge in [0.2, 0.25) is 0 Å². The van der Waals surface area contributed by atoms with Crippen molar-refractivity contribution in [2.75, 3.05) is 13.1 Å². The van der Waals surface area contributed by atoms with Crippen molar-refractivity contribution in [2.24, 2.45) is 0 Å². The second-order valence-electron chi connectivity index (χ2n) is 15.0. The minimum Gasteiger partial charge on any atom is -0.444 e. The third kappa shape index (κ3) is 6.27. The maximum atomic E-state index is 12.9. The van der Waals surface area contributed by atoms with Gasteiger partial charge in [-0.3, -0.25) is 9.80 Å². The zero-order valence-electron chi connectivity index (χ0n) is 28.8. The van der Waals surface area contributed by atoms with Crippen LogP contribution < -0.4 is 0 Å². The fourth-order valence-electron chi connectivity index (χ4n) is 6.83. The number of H-pyrrole nitrogens is 2. The molecule has 2 fully saturated rings. The first-order chi connectivity index (χ1) is 22.7. The molecule has 11 heteroatoms. The summed E-state index contributed by atoms with van der Waals surface area (Å²) in [5.74, 6) is 1.59. The van der Waals surface area contributed by atoms with Crippen molar-refractivity contribution in [3.63, 3.8) is 0 Å². The van der Waals surface area contributed by atoms with E-state index in [-0.39, 0.29) is 24.3 Å². The number of fused-ring (bicyclic) bond motifs is 3. The number of likely N-dealkylation sites (tertiary alicyclic amines) is 2. The number of nitrogens with zero attached hydrogens (tertiary/aromatic N) is 4. The van der Waals surface area contributed by atoms with Crippen LogP contribution in [0.15, 0.2) is 42.6 Å². The molecule has 252 valence electrons. The topological polar surface area (TPSA) is 116 Å². The first-order valence-corrected chi connectivity index (χ1v) is 17.6. The van der Waals surface area contributed by atoms with Crippen molar-refractivity contribution in [3.05, 3.63) is 59.8 Å². The molecule has 0 bridgehead atoms. The Morgan fingerprint density at radius 3 is 2.15 bits per heavy atom. The number of nitrogens with one attached hydrogen (secondary N) is 2. The summed E-state index contributed by atoms with van der Waals surface area (Å²) in [5, 5.41) is 2.18. The Balaban J connectivity index is 1.13. The number of ether oxygens (including phenoxy) is 2. The van der Waals surface area contributed by atoms with E-state index in [1.165, 1.54) is 10.4 Å². The Hall–Kier alpha value is -4.38. The number of carbonyl (C=O) groups is 2. The molecule has 0 spiro atoms. The molecule has 2 aromatic carbocycles. The van der Waals surface area contributed by atoms with Crippen LogP contribution in [0, 0.1) is 6.92 Å². The lowest BCUT2D eigenvalue weighted by molar-refractivity contribution is 0.0208. The summed E-state index contributed by atoms with van der Waals surface area (Å²) in [6.45, 7) is 14.8. The van der Waals surface area contributed by atoms with Crippen LogP contribution in [-0.2, 0) is 9.47 Å². The van der Waals surface area contributed by atoms with Gasteiger partial charge in [0.15, 0.2) is 0 Å². The van der Waals surface area contributed by atoms with E-state index in [0.717, 1.165) is 75.3 Å². The Morgan fingerprint density at radius 2 is 1.50 bits per heavy atom. The molecule has 0 unspecified atom stereocenters. The predicted molar refractivity (Wildman–Crippen MR) is 189 cm³/mol. The second-order valence-corrected chi connectivity index (χ2v) is 16.0. The van der Waals surface area contributed by atoms with Crippen molar-refractivity contribution in [1.29, 1.82) is 0 Å². The fraction of sp³-hybridized carbons (Fsp3) is 0.459. The summed E-state index contributed by atoms with van der Waals surface area (Å²) >= 11 is 1.73. The van der Waals surface area contributed by atoms with Gasteiger partial charge in [0.1, 0.15) is 22.9 Å². The summed E-state index contributed by atoms with van der Waals surface area (Å²) in [7, 11) is 0. The summed E-state index contributed by atoms with van der Waals surface area (Å²) in [4.78, 5) is 48.5. The summed E-state index contributed by atoms with van der Waals surface area (Å²) in [6, 6.07) is 12.7. The number of hydrogen-bond acceptors (Lipinski definition) is 7. The Morgan fingerprint density at radius 1 is 0.854 bits per heavy atom. The molecule has 0 saturated carbocycles. The SMILES string of the molecule is Cc1cc(-c2cnc([C@@H]3CCCN3C(=O)OC(C)(C)C)[nH]2)sc1-c1ccc2c(ccc3[nH]c([C@@H]4CCCN4C(=O)OC(C)(C)C)nc32)c1. The highest BCUT2D eigenvalue weighted by atomic mass is 32.1. The van der Waals surface area contributed by atoms with Gasteiger partial charge in [0, 0.05) is 23.4 Å². The monoisotopic (exact) mass is 668 g/mol. The number of aromatic amines is 2. The number of rotatable bonds is 4. The maximum absolute atomic E-state index is 12.9. The molecule has 2 aliphatic rings. The highest BCUT2D eigenvalue weighted by molar-refractivity contribution is 7.19. The maximum Gasteiger partial charge on any atom is 0.410 e. The minimum absolute atomic E-state index is 0.122. The number of thiophene rings is 1. The molecule has 7 rings (SSSR count). The molecule has 0 radical (unpaired) electrons. The highest BCUT2D eigenvalue weighted by Crippen LogP contribution is 2.41. The summed E-state index contributed by atoms with van der Waals surface area (Å²) in [5.41, 5.74) is 4.05. The van der Waals surface area contributed by atoms with Gasteiger partial charge in [-0.05, 0) is 109 Å². The Kier molecular flexibility index (Phi) is 8.01. The van der Waals surface area contributed by atoms with Crippen molar-refractivity contribution in [1.82, 2.24) is 29.7 Å². The summed E-state index contributed by atoms with van der Waals surface area (Å²) < 4.78 is 11.3. The normalized spacial score (nSPS) is 18.7. The van der Waals surface area contributed by atoms with Crippen molar-refractivity contribution in [2.45, 2.75) is 97.4 Å². The summed E-state index contributed by atoms with van der Waals surface area (Å²) in [6.07, 6.45) is 4.82. The van der Waals surface area contributed by atoms with Crippen LogP contribution in [0.5, 0.6) is 0 Å². The van der Waals surface area contributed by atoms with Crippen LogP contribution >= 0.6 is 11.3 Å². The zero-order chi connectivity index (χ0) is 34.0. The van der Waals surface area contributed by atoms with E-state index < -0.39 is 11.2 Å². The first-order valence-electron chi connectivity index (χ1n) is 16.8. The largest absolute Gasteiger partial charge is 0.444 e. The molecule has 2 saturated heterocycles. The Bertz CT molecular complexity index is 2010. The molecule has 10 nitrogen and oxygen atoms in total. The molecular weight excluding hydrogens is 625 g/mol. The van der Waals surface area contributed by atoms with Crippen LogP contribution in [0.25, 0.3) is 42.8 Å². The van der Waals surface area contributed by atoms with E-state index in [0.29, 0.717) is 13.1 Å². The number of aryl methyl sites for hydroxylation is 1. The van der Waals surface area contributed by atoms with Crippen molar-refractivity contribution < 1.29 is 19.1 Å². The van der Waals surface area contributed by atoms with Gasteiger partial charge in [-0.1, -0.05) is 18.2 Å². The first kappa shape index (κ1) is 32.2. The van der Waals surface area contributed by atoms with Crippen LogP contribution in [-0.4, -0.2) is 66.2 Å². The third-order valence-corrected chi connectivity index (χ3v) is 10.2. The third-order valence-electron chi connectivity index (χ3n) is 8.92. The molecule has 5 aromatic rings. The lowest BCUT2D eigenvalue weighted by Crippen LogP contribution is -2.36. The number of aromatic nitrogens is 4. The van der Waals surface area contributed by atoms with Crippen molar-refractivity contribution >= 4 is 45.3 Å². The predicted octanol–water partition coefficient (Wildman–Crippen LogP) is 9.29. The van der Waals surface area contributed by atoms with Gasteiger partial charge in [0.25, 0.3) is 0 Å².